The predicted molar refractivity (Wildman–Crippen MR) is 75.6 cm³/mol. The van der Waals surface area contributed by atoms with Crippen LogP contribution in [0, 0.1) is 6.92 Å². The van der Waals surface area contributed by atoms with Gasteiger partial charge in [-0.15, -0.1) is 0 Å². The minimum absolute atomic E-state index is 0.481. The van der Waals surface area contributed by atoms with E-state index in [4.69, 9.17) is 27.9 Å². The van der Waals surface area contributed by atoms with Crippen molar-refractivity contribution in [2.75, 3.05) is 6.61 Å². The third-order valence-corrected chi connectivity index (χ3v) is 3.75. The van der Waals surface area contributed by atoms with Crippen LogP contribution in [0.5, 0.6) is 0 Å². The van der Waals surface area contributed by atoms with Crippen LogP contribution in [-0.2, 0) is 17.8 Å². The van der Waals surface area contributed by atoms with Gasteiger partial charge in [0, 0.05) is 22.6 Å². The molecule has 1 aromatic carbocycles. The van der Waals surface area contributed by atoms with E-state index < -0.39 is 0 Å². The molecule has 0 fully saturated rings. The molecule has 0 atom stereocenters. The van der Waals surface area contributed by atoms with Gasteiger partial charge in [0.05, 0.1) is 18.9 Å². The molecule has 0 amide bonds. The van der Waals surface area contributed by atoms with E-state index >= 15 is 0 Å². The molecule has 0 saturated heterocycles. The number of ether oxygens (including phenoxy) is 1. The Hall–Kier alpha value is -1.16. The lowest BCUT2D eigenvalue weighted by molar-refractivity contribution is 0.109. The molecular formula is C14H12Cl2N2O. The van der Waals surface area contributed by atoms with Gasteiger partial charge in [-0.25, -0.2) is 9.97 Å². The Morgan fingerprint density at radius 2 is 2.05 bits per heavy atom. The van der Waals surface area contributed by atoms with Gasteiger partial charge in [-0.3, -0.25) is 0 Å². The van der Waals surface area contributed by atoms with E-state index in [0.29, 0.717) is 29.2 Å². The second-order valence-corrected chi connectivity index (χ2v) is 5.32. The van der Waals surface area contributed by atoms with Crippen molar-refractivity contribution in [2.24, 2.45) is 0 Å². The fourth-order valence-electron chi connectivity index (χ4n) is 2.19. The van der Waals surface area contributed by atoms with Crippen LogP contribution in [0.2, 0.25) is 10.2 Å². The van der Waals surface area contributed by atoms with Gasteiger partial charge in [0.15, 0.2) is 5.82 Å². The van der Waals surface area contributed by atoms with Gasteiger partial charge in [-0.05, 0) is 30.7 Å². The standard InChI is InChI=1S/C14H12Cl2N2O/c1-8-6-9(15)2-3-10(8)14-17-12-4-5-19-7-11(12)13(16)18-14/h2-3,6H,4-5,7H2,1H3. The van der Waals surface area contributed by atoms with Crippen LogP contribution in [0.15, 0.2) is 18.2 Å². The lowest BCUT2D eigenvalue weighted by Crippen LogP contribution is -2.14. The summed E-state index contributed by atoms with van der Waals surface area (Å²) in [5.41, 5.74) is 3.88. The highest BCUT2D eigenvalue weighted by molar-refractivity contribution is 6.31. The maximum absolute atomic E-state index is 6.22. The zero-order chi connectivity index (χ0) is 13.4. The first-order chi connectivity index (χ1) is 9.15. The monoisotopic (exact) mass is 294 g/mol. The average Bonchev–Trinajstić information content (AvgIpc) is 2.38. The molecule has 3 nitrogen and oxygen atoms in total. The molecule has 1 aliphatic heterocycles. The highest BCUT2D eigenvalue weighted by Crippen LogP contribution is 2.28. The Bertz CT molecular complexity index is 644. The van der Waals surface area contributed by atoms with Crippen LogP contribution < -0.4 is 0 Å². The fourth-order valence-corrected chi connectivity index (χ4v) is 2.66. The summed E-state index contributed by atoms with van der Waals surface area (Å²) in [6.07, 6.45) is 0.775. The summed E-state index contributed by atoms with van der Waals surface area (Å²) in [5.74, 6) is 0.653. The molecule has 0 radical (unpaired) electrons. The summed E-state index contributed by atoms with van der Waals surface area (Å²) >= 11 is 12.2. The van der Waals surface area contributed by atoms with Crippen LogP contribution in [0.1, 0.15) is 16.8 Å². The molecule has 3 rings (SSSR count). The van der Waals surface area contributed by atoms with Crippen molar-refractivity contribution in [3.05, 3.63) is 45.2 Å². The van der Waals surface area contributed by atoms with Gasteiger partial charge < -0.3 is 4.74 Å². The molecule has 1 aromatic heterocycles. The lowest BCUT2D eigenvalue weighted by Gasteiger charge is -2.17. The molecule has 0 spiro atoms. The molecule has 19 heavy (non-hydrogen) atoms. The maximum Gasteiger partial charge on any atom is 0.161 e. The van der Waals surface area contributed by atoms with Crippen LogP contribution >= 0.6 is 23.2 Å². The first-order valence-electron chi connectivity index (χ1n) is 6.04. The summed E-state index contributed by atoms with van der Waals surface area (Å²) in [6, 6.07) is 5.66. The minimum atomic E-state index is 0.481. The molecule has 2 heterocycles. The smallest absolute Gasteiger partial charge is 0.161 e. The van der Waals surface area contributed by atoms with Gasteiger partial charge in [0.1, 0.15) is 5.15 Å². The van der Waals surface area contributed by atoms with Gasteiger partial charge in [-0.1, -0.05) is 23.2 Å². The van der Waals surface area contributed by atoms with Crippen molar-refractivity contribution in [3.8, 4) is 11.4 Å². The van der Waals surface area contributed by atoms with Crippen LogP contribution in [-0.4, -0.2) is 16.6 Å². The van der Waals surface area contributed by atoms with E-state index in [9.17, 15) is 0 Å². The lowest BCUT2D eigenvalue weighted by atomic mass is 10.1. The van der Waals surface area contributed by atoms with Crippen molar-refractivity contribution >= 4 is 23.2 Å². The Labute approximate surface area is 121 Å². The molecular weight excluding hydrogens is 283 g/mol. The van der Waals surface area contributed by atoms with E-state index in [1.54, 1.807) is 0 Å². The van der Waals surface area contributed by atoms with E-state index in [1.807, 2.05) is 25.1 Å². The van der Waals surface area contributed by atoms with Crippen molar-refractivity contribution in [2.45, 2.75) is 20.0 Å². The molecule has 1 aliphatic rings. The second kappa shape index (κ2) is 5.08. The Morgan fingerprint density at radius 3 is 2.84 bits per heavy atom. The number of halogens is 2. The summed E-state index contributed by atoms with van der Waals surface area (Å²) < 4.78 is 5.38. The zero-order valence-corrected chi connectivity index (χ0v) is 11.9. The van der Waals surface area contributed by atoms with E-state index in [1.165, 1.54) is 0 Å². The Morgan fingerprint density at radius 1 is 1.21 bits per heavy atom. The van der Waals surface area contributed by atoms with Crippen LogP contribution in [0.25, 0.3) is 11.4 Å². The second-order valence-electron chi connectivity index (χ2n) is 4.53. The van der Waals surface area contributed by atoms with Crippen molar-refractivity contribution in [1.82, 2.24) is 9.97 Å². The van der Waals surface area contributed by atoms with Crippen LogP contribution in [0.4, 0.5) is 0 Å². The fraction of sp³-hybridized carbons (Fsp3) is 0.286. The molecule has 5 heteroatoms. The van der Waals surface area contributed by atoms with Crippen molar-refractivity contribution < 1.29 is 4.74 Å². The van der Waals surface area contributed by atoms with Crippen molar-refractivity contribution in [3.63, 3.8) is 0 Å². The normalized spacial score (nSPS) is 14.3. The first-order valence-corrected chi connectivity index (χ1v) is 6.80. The van der Waals surface area contributed by atoms with Gasteiger partial charge in [0.25, 0.3) is 0 Å². The Kier molecular flexibility index (Phi) is 3.44. The largest absolute Gasteiger partial charge is 0.376 e. The molecule has 0 unspecified atom stereocenters. The third-order valence-electron chi connectivity index (χ3n) is 3.20. The number of benzene rings is 1. The quantitative estimate of drug-likeness (QED) is 0.750. The number of hydrogen-bond acceptors (Lipinski definition) is 3. The SMILES string of the molecule is Cc1cc(Cl)ccc1-c1nc(Cl)c2c(n1)CCOC2. The summed E-state index contributed by atoms with van der Waals surface area (Å²) in [6.45, 7) is 3.16. The molecule has 0 bridgehead atoms. The number of aromatic nitrogens is 2. The average molecular weight is 295 g/mol. The topological polar surface area (TPSA) is 35.0 Å². The number of hydrogen-bond donors (Lipinski definition) is 0. The zero-order valence-electron chi connectivity index (χ0n) is 10.4. The summed E-state index contributed by atoms with van der Waals surface area (Å²) in [7, 11) is 0. The third kappa shape index (κ3) is 2.46. The van der Waals surface area contributed by atoms with Crippen LogP contribution in [0.3, 0.4) is 0 Å². The minimum Gasteiger partial charge on any atom is -0.376 e. The molecule has 2 aromatic rings. The number of aryl methyl sites for hydroxylation is 1. The predicted octanol–water partition coefficient (Wildman–Crippen LogP) is 3.83. The number of fused-ring (bicyclic) bond motifs is 1. The molecule has 98 valence electrons. The van der Waals surface area contributed by atoms with Gasteiger partial charge in [0.2, 0.25) is 0 Å². The number of rotatable bonds is 1. The highest BCUT2D eigenvalue weighted by atomic mass is 35.5. The van der Waals surface area contributed by atoms with Crippen molar-refractivity contribution in [1.29, 1.82) is 0 Å². The van der Waals surface area contributed by atoms with E-state index in [0.717, 1.165) is 28.8 Å². The molecule has 0 aliphatic carbocycles. The summed E-state index contributed by atoms with van der Waals surface area (Å²) in [5, 5.41) is 1.19. The highest BCUT2D eigenvalue weighted by Gasteiger charge is 2.18. The summed E-state index contributed by atoms with van der Waals surface area (Å²) in [4.78, 5) is 8.99. The molecule has 0 N–H and O–H groups in total. The van der Waals surface area contributed by atoms with Gasteiger partial charge in [-0.2, -0.15) is 0 Å². The van der Waals surface area contributed by atoms with E-state index in [-0.39, 0.29) is 0 Å². The maximum atomic E-state index is 6.22. The molecule has 0 saturated carbocycles. The van der Waals surface area contributed by atoms with E-state index in [2.05, 4.69) is 9.97 Å². The first kappa shape index (κ1) is 12.9. The number of nitrogens with zero attached hydrogens (tertiary/aromatic N) is 2. The van der Waals surface area contributed by atoms with Gasteiger partial charge >= 0.3 is 0 Å². The Balaban J connectivity index is 2.13.